The summed E-state index contributed by atoms with van der Waals surface area (Å²) in [5, 5.41) is 38.8. The van der Waals surface area contributed by atoms with E-state index in [0.717, 1.165) is 109 Å². The van der Waals surface area contributed by atoms with E-state index in [1.165, 1.54) is 20.2 Å². The molecule has 0 spiro atoms. The second-order valence-corrected chi connectivity index (χ2v) is 21.6. The summed E-state index contributed by atoms with van der Waals surface area (Å²) < 4.78 is 11.5. The molecule has 0 fully saturated rings. The van der Waals surface area contributed by atoms with Crippen molar-refractivity contribution in [2.75, 3.05) is 0 Å². The van der Waals surface area contributed by atoms with E-state index < -0.39 is 0 Å². The van der Waals surface area contributed by atoms with Gasteiger partial charge in [-0.05, 0) is 76.5 Å². The van der Waals surface area contributed by atoms with Gasteiger partial charge in [-0.15, -0.1) is 11.3 Å². The van der Waals surface area contributed by atoms with E-state index in [9.17, 15) is 10.5 Å². The second-order valence-electron chi connectivity index (χ2n) is 20.5. The van der Waals surface area contributed by atoms with Gasteiger partial charge in [0.2, 0.25) is 0 Å². The molecule has 0 aliphatic rings. The van der Waals surface area contributed by atoms with Gasteiger partial charge >= 0.3 is 0 Å². The molecule has 0 saturated carbocycles. The highest BCUT2D eigenvalue weighted by Crippen LogP contribution is 2.51. The van der Waals surface area contributed by atoms with Gasteiger partial charge in [0.1, 0.15) is 23.3 Å². The van der Waals surface area contributed by atoms with Crippen molar-refractivity contribution in [3.8, 4) is 46.0 Å². The third-order valence-corrected chi connectivity index (χ3v) is 17.8. The van der Waals surface area contributed by atoms with Crippen LogP contribution in [0.4, 0.5) is 0 Å². The normalized spacial score (nSPS) is 12.0. The van der Waals surface area contributed by atoms with Crippen LogP contribution < -0.4 is 0 Å². The summed E-state index contributed by atoms with van der Waals surface area (Å²) in [7, 11) is 0. The number of benzene rings is 12. The zero-order chi connectivity index (χ0) is 52.0. The largest absolute Gasteiger partial charge is 0.306 e. The Kier molecular flexibility index (Phi) is 9.04. The minimum Gasteiger partial charge on any atom is -0.306 e. The average Bonchev–Trinajstić information content (AvgIpc) is 4.50. The molecule has 5 aromatic heterocycles. The SMILES string of the molecule is N#Cc1c(-n2c3ccccc3c3ccccc32)c(-n2c3ccccc3c3ccccc32)c(C#N)c(-n2c3cc(-c4cccc5ccccc45)ccc3c3c4sc5ccccc5c4ccc32)c1-n1c2ccccc2c2ccccc21. The van der Waals surface area contributed by atoms with Crippen LogP contribution in [-0.2, 0) is 0 Å². The predicted molar refractivity (Wildman–Crippen MR) is 329 cm³/mol. The molecule has 12 aromatic carbocycles. The number of thiophene rings is 1. The molecule has 0 atom stereocenters. The Hall–Kier alpha value is -10.7. The Morgan fingerprint density at radius 1 is 0.291 bits per heavy atom. The smallest absolute Gasteiger partial charge is 0.104 e. The topological polar surface area (TPSA) is 67.3 Å². The molecule has 5 heterocycles. The summed E-state index contributed by atoms with van der Waals surface area (Å²) in [6, 6.07) is 91.9. The molecule has 0 unspecified atom stereocenters. The highest BCUT2D eigenvalue weighted by molar-refractivity contribution is 7.26. The fraction of sp³-hybridized carbons (Fsp3) is 0. The second kappa shape index (κ2) is 16.4. The molecule has 0 radical (unpaired) electrons. The van der Waals surface area contributed by atoms with Crippen LogP contribution in [0.2, 0.25) is 0 Å². The molecule has 0 aliphatic heterocycles. The molecule has 7 heteroatoms. The first-order valence-corrected chi connectivity index (χ1v) is 27.4. The molecule has 0 amide bonds. The van der Waals surface area contributed by atoms with Crippen LogP contribution in [0, 0.1) is 22.7 Å². The number of nitriles is 2. The van der Waals surface area contributed by atoms with Gasteiger partial charge in [-0.2, -0.15) is 10.5 Å². The lowest BCUT2D eigenvalue weighted by molar-refractivity contribution is 1.02. The molecule has 79 heavy (non-hydrogen) atoms. The molecule has 0 N–H and O–H groups in total. The van der Waals surface area contributed by atoms with E-state index in [1.807, 2.05) is 0 Å². The van der Waals surface area contributed by atoms with Gasteiger partial charge in [0, 0.05) is 63.3 Å². The van der Waals surface area contributed by atoms with Crippen molar-refractivity contribution in [3.05, 3.63) is 254 Å². The van der Waals surface area contributed by atoms with Gasteiger partial charge < -0.3 is 18.3 Å². The van der Waals surface area contributed by atoms with Crippen LogP contribution in [-0.4, -0.2) is 18.3 Å². The fourth-order valence-corrected chi connectivity index (χ4v) is 14.7. The van der Waals surface area contributed by atoms with Gasteiger partial charge in [-0.3, -0.25) is 0 Å². The third-order valence-electron chi connectivity index (χ3n) is 16.6. The lowest BCUT2D eigenvalue weighted by atomic mass is 9.97. The quantitative estimate of drug-likeness (QED) is 0.172. The first-order chi connectivity index (χ1) is 39.2. The molecule has 17 rings (SSSR count). The van der Waals surface area contributed by atoms with Crippen molar-refractivity contribution in [1.29, 1.82) is 10.5 Å². The summed E-state index contributed by atoms with van der Waals surface area (Å²) in [5.41, 5.74) is 12.9. The maximum Gasteiger partial charge on any atom is 0.104 e. The average molecular weight is 1020 g/mol. The number of hydrogen-bond acceptors (Lipinski definition) is 3. The minimum atomic E-state index is 0.421. The van der Waals surface area contributed by atoms with Gasteiger partial charge in [-0.1, -0.05) is 188 Å². The number of hydrogen-bond donors (Lipinski definition) is 0. The standard InChI is InChI=1S/C72H40N6S/c73-41-56-68(75-58-29-10-3-21-47(58)48-22-4-11-30-59(48)75)69(76-60-31-12-5-23-49(60)50-24-6-13-32-61(50)76)57(42-74)71(70(56)77-62-33-14-7-25-51(62)52-26-8-15-34-63(52)77)78-64-39-38-54-53-27-9-16-35-66(53)79-72(54)67(64)55-37-36-44(40-65(55)78)46-28-17-19-43-18-1-2-20-45(43)46/h1-40H. The summed E-state index contributed by atoms with van der Waals surface area (Å²) in [6.45, 7) is 0. The third kappa shape index (κ3) is 5.86. The monoisotopic (exact) mass is 1020 g/mol. The fourth-order valence-electron chi connectivity index (χ4n) is 13.4. The summed E-state index contributed by atoms with van der Waals surface area (Å²) in [6.07, 6.45) is 0. The van der Waals surface area contributed by atoms with Crippen LogP contribution in [0.3, 0.4) is 0 Å². The van der Waals surface area contributed by atoms with Crippen LogP contribution in [0.25, 0.3) is 152 Å². The van der Waals surface area contributed by atoms with Crippen molar-refractivity contribution in [2.45, 2.75) is 0 Å². The Morgan fingerprint density at radius 2 is 0.671 bits per heavy atom. The van der Waals surface area contributed by atoms with Gasteiger partial charge in [-0.25, -0.2) is 0 Å². The van der Waals surface area contributed by atoms with Gasteiger partial charge in [0.15, 0.2) is 0 Å². The predicted octanol–water partition coefficient (Wildman–Crippen LogP) is 19.0. The maximum atomic E-state index is 12.9. The number of para-hydroxylation sites is 6. The van der Waals surface area contributed by atoms with Crippen LogP contribution in [0.15, 0.2) is 243 Å². The van der Waals surface area contributed by atoms with E-state index in [-0.39, 0.29) is 0 Å². The van der Waals surface area contributed by atoms with E-state index in [2.05, 4.69) is 273 Å². The van der Waals surface area contributed by atoms with E-state index in [0.29, 0.717) is 33.9 Å². The molecule has 0 aliphatic carbocycles. The molecule has 6 nitrogen and oxygen atoms in total. The summed E-state index contributed by atoms with van der Waals surface area (Å²) in [4.78, 5) is 0. The van der Waals surface area contributed by atoms with E-state index >= 15 is 0 Å². The number of fused-ring (bicyclic) bond motifs is 17. The molecule has 0 saturated heterocycles. The number of aromatic nitrogens is 4. The van der Waals surface area contributed by atoms with Crippen molar-refractivity contribution >= 4 is 130 Å². The Labute approximate surface area is 455 Å². The molecule has 0 bridgehead atoms. The lowest BCUT2D eigenvalue weighted by Crippen LogP contribution is -2.16. The highest BCUT2D eigenvalue weighted by Gasteiger charge is 2.35. The zero-order valence-electron chi connectivity index (χ0n) is 42.2. The maximum absolute atomic E-state index is 12.9. The Bertz CT molecular complexity index is 5440. The lowest BCUT2D eigenvalue weighted by Gasteiger charge is -2.27. The van der Waals surface area contributed by atoms with Gasteiger partial charge in [0.25, 0.3) is 0 Å². The summed E-state index contributed by atoms with van der Waals surface area (Å²) in [5.74, 6) is 0. The Balaban J connectivity index is 1.17. The van der Waals surface area contributed by atoms with Crippen LogP contribution >= 0.6 is 11.3 Å². The van der Waals surface area contributed by atoms with Gasteiger partial charge in [0.05, 0.1) is 66.9 Å². The van der Waals surface area contributed by atoms with Crippen molar-refractivity contribution < 1.29 is 0 Å². The van der Waals surface area contributed by atoms with Crippen molar-refractivity contribution in [3.63, 3.8) is 0 Å². The molecular formula is C72H40N6S. The minimum absolute atomic E-state index is 0.421. The van der Waals surface area contributed by atoms with E-state index in [4.69, 9.17) is 0 Å². The van der Waals surface area contributed by atoms with Crippen LogP contribution in [0.1, 0.15) is 11.1 Å². The van der Waals surface area contributed by atoms with E-state index in [1.54, 1.807) is 11.3 Å². The summed E-state index contributed by atoms with van der Waals surface area (Å²) >= 11 is 1.80. The van der Waals surface area contributed by atoms with Crippen LogP contribution in [0.5, 0.6) is 0 Å². The van der Waals surface area contributed by atoms with Crippen molar-refractivity contribution in [1.82, 2.24) is 18.3 Å². The number of nitrogens with zero attached hydrogens (tertiary/aromatic N) is 6. The number of rotatable bonds is 5. The zero-order valence-corrected chi connectivity index (χ0v) is 43.0. The molecular weight excluding hydrogens is 981 g/mol. The first-order valence-electron chi connectivity index (χ1n) is 26.6. The molecule has 364 valence electrons. The molecule has 17 aromatic rings. The first kappa shape index (κ1) is 43.5. The van der Waals surface area contributed by atoms with Crippen molar-refractivity contribution in [2.24, 2.45) is 0 Å². The highest BCUT2D eigenvalue weighted by atomic mass is 32.1. The Morgan fingerprint density at radius 3 is 1.14 bits per heavy atom.